The van der Waals surface area contributed by atoms with Gasteiger partial charge in [-0.1, -0.05) is 11.6 Å². The normalized spacial score (nSPS) is 11.9. The van der Waals surface area contributed by atoms with Gasteiger partial charge < -0.3 is 4.55 Å². The van der Waals surface area contributed by atoms with Crippen LogP contribution >= 0.6 is 11.6 Å². The predicted octanol–water partition coefficient (Wildman–Crippen LogP) is -1.71. The maximum Gasteiger partial charge on any atom is 1.00 e. The second-order valence-electron chi connectivity index (χ2n) is 2.01. The summed E-state index contributed by atoms with van der Waals surface area (Å²) in [5, 5.41) is 0.333. The summed E-state index contributed by atoms with van der Waals surface area (Å²) < 4.78 is 20.8. The number of aromatic nitrogens is 1. The maximum atomic E-state index is 10.4. The van der Waals surface area contributed by atoms with Gasteiger partial charge in [-0.05, 0) is 29.6 Å². The molecule has 0 aliphatic rings. The maximum absolute atomic E-state index is 10.4. The van der Waals surface area contributed by atoms with Crippen LogP contribution in [0.5, 0.6) is 0 Å². The molecule has 0 spiro atoms. The second kappa shape index (κ2) is 5.32. The molecule has 1 heterocycles. The molecule has 1 unspecified atom stereocenters. The monoisotopic (exact) mass is 213 g/mol. The quantitative estimate of drug-likeness (QED) is 0.317. The van der Waals surface area contributed by atoms with Gasteiger partial charge in [0.25, 0.3) is 0 Å². The fraction of sp³-hybridized carbons (Fsp3) is 0.167. The Morgan fingerprint density at radius 1 is 1.67 bits per heavy atom. The van der Waals surface area contributed by atoms with E-state index in [4.69, 9.17) is 11.6 Å². The van der Waals surface area contributed by atoms with E-state index in [9.17, 15) is 8.76 Å². The van der Waals surface area contributed by atoms with Crippen LogP contribution in [0.15, 0.2) is 17.2 Å². The van der Waals surface area contributed by atoms with E-state index in [0.29, 0.717) is 10.7 Å². The number of hydrogen-bond donors (Lipinski definition) is 0. The minimum Gasteiger partial charge on any atom is -0.768 e. The molecule has 6 heteroatoms. The molecule has 0 aliphatic heterocycles. The van der Waals surface area contributed by atoms with Crippen molar-refractivity contribution in [2.24, 2.45) is 0 Å². The van der Waals surface area contributed by atoms with E-state index in [1.54, 1.807) is 6.92 Å². The average molecular weight is 214 g/mol. The standard InChI is InChI=1S/C6H6ClNO2S.Na/c1-4-2-5(11(9)10)3-8-6(4)7;/h2-3H,1H3,(H,9,10);/q;+1/p-1. The van der Waals surface area contributed by atoms with Crippen molar-refractivity contribution in [3.05, 3.63) is 23.0 Å². The summed E-state index contributed by atoms with van der Waals surface area (Å²) >= 11 is 3.35. The van der Waals surface area contributed by atoms with E-state index >= 15 is 0 Å². The first-order valence-electron chi connectivity index (χ1n) is 2.82. The van der Waals surface area contributed by atoms with Gasteiger partial charge in [0.2, 0.25) is 0 Å². The van der Waals surface area contributed by atoms with Crippen molar-refractivity contribution in [2.75, 3.05) is 0 Å². The molecule has 0 aromatic carbocycles. The Bertz CT molecular complexity index is 308. The Morgan fingerprint density at radius 2 is 2.25 bits per heavy atom. The number of pyridine rings is 1. The van der Waals surface area contributed by atoms with E-state index in [0.717, 1.165) is 0 Å². The van der Waals surface area contributed by atoms with Gasteiger partial charge in [0.1, 0.15) is 5.15 Å². The van der Waals surface area contributed by atoms with Gasteiger partial charge in [-0.25, -0.2) is 4.98 Å². The number of nitrogens with zero attached hydrogens (tertiary/aromatic N) is 1. The summed E-state index contributed by atoms with van der Waals surface area (Å²) in [6.45, 7) is 1.70. The second-order valence-corrected chi connectivity index (χ2v) is 3.31. The topological polar surface area (TPSA) is 53.0 Å². The first-order chi connectivity index (χ1) is 5.11. The van der Waals surface area contributed by atoms with Crippen molar-refractivity contribution in [2.45, 2.75) is 11.8 Å². The summed E-state index contributed by atoms with van der Waals surface area (Å²) in [5.41, 5.74) is 0.661. The van der Waals surface area contributed by atoms with Crippen LogP contribution < -0.4 is 29.6 Å². The Hall–Kier alpha value is 0.550. The van der Waals surface area contributed by atoms with Gasteiger partial charge in [0, 0.05) is 11.1 Å². The molecule has 0 N–H and O–H groups in total. The smallest absolute Gasteiger partial charge is 0.768 e. The van der Waals surface area contributed by atoms with Crippen LogP contribution in [0.25, 0.3) is 0 Å². The molecule has 0 amide bonds. The third kappa shape index (κ3) is 3.12. The van der Waals surface area contributed by atoms with Gasteiger partial charge in [-0.3, -0.25) is 4.21 Å². The van der Waals surface area contributed by atoms with Gasteiger partial charge in [-0.15, -0.1) is 0 Å². The molecule has 0 saturated carbocycles. The van der Waals surface area contributed by atoms with Crippen LogP contribution in [-0.4, -0.2) is 13.7 Å². The SMILES string of the molecule is Cc1cc(S(=O)[O-])cnc1Cl.[Na+]. The zero-order valence-electron chi connectivity index (χ0n) is 6.70. The van der Waals surface area contributed by atoms with Crippen molar-refractivity contribution in [3.63, 3.8) is 0 Å². The molecule has 1 atom stereocenters. The summed E-state index contributed by atoms with van der Waals surface area (Å²) in [7, 11) is 0. The van der Waals surface area contributed by atoms with Crippen LogP contribution in [0, 0.1) is 6.92 Å². The summed E-state index contributed by atoms with van der Waals surface area (Å²) in [6.07, 6.45) is 1.22. The fourth-order valence-electron chi connectivity index (χ4n) is 0.623. The average Bonchev–Trinajstić information content (AvgIpc) is 1.94. The van der Waals surface area contributed by atoms with Crippen molar-refractivity contribution < 1.29 is 38.3 Å². The zero-order chi connectivity index (χ0) is 8.43. The Labute approximate surface area is 100 Å². The molecule has 0 aliphatic carbocycles. The van der Waals surface area contributed by atoms with E-state index < -0.39 is 11.1 Å². The summed E-state index contributed by atoms with van der Waals surface area (Å²) in [5.74, 6) is 0. The number of aryl methyl sites for hydroxylation is 1. The van der Waals surface area contributed by atoms with Crippen molar-refractivity contribution in [1.82, 2.24) is 4.98 Å². The molecule has 0 radical (unpaired) electrons. The Morgan fingerprint density at radius 3 is 2.67 bits per heavy atom. The number of halogens is 1. The van der Waals surface area contributed by atoms with Crippen LogP contribution in [0.4, 0.5) is 0 Å². The molecule has 60 valence electrons. The largest absolute Gasteiger partial charge is 1.00 e. The Balaban J connectivity index is 0.00000121. The fourth-order valence-corrected chi connectivity index (χ4v) is 1.14. The van der Waals surface area contributed by atoms with E-state index in [1.807, 2.05) is 0 Å². The van der Waals surface area contributed by atoms with E-state index in [1.165, 1.54) is 12.3 Å². The minimum atomic E-state index is -2.22. The van der Waals surface area contributed by atoms with Crippen LogP contribution in [-0.2, 0) is 11.1 Å². The van der Waals surface area contributed by atoms with Gasteiger partial charge in [0.05, 0.1) is 0 Å². The predicted molar refractivity (Wildman–Crippen MR) is 41.2 cm³/mol. The number of hydrogen-bond acceptors (Lipinski definition) is 3. The van der Waals surface area contributed by atoms with Gasteiger partial charge in [-0.2, -0.15) is 0 Å². The number of rotatable bonds is 1. The van der Waals surface area contributed by atoms with Crippen molar-refractivity contribution in [3.8, 4) is 0 Å². The molecule has 12 heavy (non-hydrogen) atoms. The molecule has 1 aromatic rings. The molecule has 0 bridgehead atoms. The first kappa shape index (κ1) is 12.6. The van der Waals surface area contributed by atoms with Gasteiger partial charge in [0.15, 0.2) is 0 Å². The molecule has 0 saturated heterocycles. The molecule has 3 nitrogen and oxygen atoms in total. The third-order valence-corrected chi connectivity index (χ3v) is 2.19. The molecule has 0 fully saturated rings. The zero-order valence-corrected chi connectivity index (χ0v) is 10.3. The Kier molecular flexibility index (Phi) is 5.56. The summed E-state index contributed by atoms with van der Waals surface area (Å²) in [6, 6.07) is 1.47. The van der Waals surface area contributed by atoms with Gasteiger partial charge >= 0.3 is 29.6 Å². The van der Waals surface area contributed by atoms with Crippen LogP contribution in [0.1, 0.15) is 5.56 Å². The molecule has 1 rings (SSSR count). The minimum absolute atomic E-state index is 0. The van der Waals surface area contributed by atoms with Crippen molar-refractivity contribution in [1.29, 1.82) is 0 Å². The molecular weight excluding hydrogens is 209 g/mol. The molecular formula is C6H5ClNNaO2S. The van der Waals surface area contributed by atoms with E-state index in [2.05, 4.69) is 4.98 Å². The summed E-state index contributed by atoms with van der Waals surface area (Å²) in [4.78, 5) is 3.83. The molecule has 1 aromatic heterocycles. The van der Waals surface area contributed by atoms with Crippen molar-refractivity contribution >= 4 is 22.7 Å². The van der Waals surface area contributed by atoms with Crippen LogP contribution in [0.2, 0.25) is 5.15 Å². The van der Waals surface area contributed by atoms with Crippen LogP contribution in [0.3, 0.4) is 0 Å². The third-order valence-electron chi connectivity index (χ3n) is 1.18. The van der Waals surface area contributed by atoms with E-state index in [-0.39, 0.29) is 34.5 Å². The first-order valence-corrected chi connectivity index (χ1v) is 4.28.